The van der Waals surface area contributed by atoms with Crippen LogP contribution >= 0.6 is 0 Å². The first-order valence-electron chi connectivity index (χ1n) is 8.49. The summed E-state index contributed by atoms with van der Waals surface area (Å²) >= 11 is 0. The van der Waals surface area contributed by atoms with Crippen molar-refractivity contribution >= 4 is 11.6 Å². The van der Waals surface area contributed by atoms with E-state index in [1.165, 1.54) is 0 Å². The Hall–Kier alpha value is -3.15. The van der Waals surface area contributed by atoms with Gasteiger partial charge in [0.25, 0.3) is 5.91 Å². The smallest absolute Gasteiger partial charge is 0.258 e. The summed E-state index contributed by atoms with van der Waals surface area (Å²) in [5.41, 5.74) is 3.20. The van der Waals surface area contributed by atoms with E-state index in [9.17, 15) is 4.79 Å². The van der Waals surface area contributed by atoms with Gasteiger partial charge in [0.1, 0.15) is 5.75 Å². The Labute approximate surface area is 152 Å². The number of rotatable bonds is 5. The first-order chi connectivity index (χ1) is 12.4. The van der Waals surface area contributed by atoms with Gasteiger partial charge in [0.05, 0.1) is 11.8 Å². The first kappa shape index (κ1) is 17.7. The quantitative estimate of drug-likeness (QED) is 0.734. The topological polar surface area (TPSA) is 69.0 Å². The number of aryl methyl sites for hydroxylation is 2. The van der Waals surface area contributed by atoms with Gasteiger partial charge in [-0.05, 0) is 51.0 Å². The van der Waals surface area contributed by atoms with Crippen molar-refractivity contribution in [1.82, 2.24) is 14.8 Å². The summed E-state index contributed by atoms with van der Waals surface area (Å²) in [4.78, 5) is 16.6. The summed E-state index contributed by atoms with van der Waals surface area (Å²) < 4.78 is 7.63. The van der Waals surface area contributed by atoms with E-state index in [4.69, 9.17) is 4.74 Å². The Kier molecular flexibility index (Phi) is 5.02. The first-order valence-corrected chi connectivity index (χ1v) is 8.49. The second-order valence-electron chi connectivity index (χ2n) is 6.51. The number of carbonyl (C=O) groups is 1. The third-order valence-corrected chi connectivity index (χ3v) is 3.94. The van der Waals surface area contributed by atoms with Crippen molar-refractivity contribution in [2.45, 2.75) is 33.7 Å². The van der Waals surface area contributed by atoms with E-state index in [2.05, 4.69) is 15.4 Å². The van der Waals surface area contributed by atoms with Gasteiger partial charge in [0.15, 0.2) is 0 Å². The maximum atomic E-state index is 12.4. The van der Waals surface area contributed by atoms with Gasteiger partial charge >= 0.3 is 0 Å². The van der Waals surface area contributed by atoms with E-state index in [1.54, 1.807) is 29.3 Å². The van der Waals surface area contributed by atoms with Crippen LogP contribution in [0.1, 0.15) is 41.4 Å². The van der Waals surface area contributed by atoms with E-state index < -0.39 is 0 Å². The zero-order chi connectivity index (χ0) is 18.7. The second-order valence-corrected chi connectivity index (χ2v) is 6.51. The number of nitrogens with one attached hydrogen (secondary N) is 1. The van der Waals surface area contributed by atoms with Crippen molar-refractivity contribution in [3.63, 3.8) is 0 Å². The van der Waals surface area contributed by atoms with Crippen LogP contribution in [0.3, 0.4) is 0 Å². The number of aromatic nitrogens is 3. The van der Waals surface area contributed by atoms with Crippen LogP contribution < -0.4 is 10.1 Å². The molecule has 0 radical (unpaired) electrons. The zero-order valence-electron chi connectivity index (χ0n) is 15.4. The molecule has 1 aromatic carbocycles. The predicted octanol–water partition coefficient (Wildman–Crippen LogP) is 4.52. The Morgan fingerprint density at radius 1 is 1.19 bits per heavy atom. The Balaban J connectivity index is 1.77. The summed E-state index contributed by atoms with van der Waals surface area (Å²) in [7, 11) is 0. The molecule has 26 heavy (non-hydrogen) atoms. The molecule has 0 bridgehead atoms. The largest absolute Gasteiger partial charge is 0.439 e. The zero-order valence-corrected chi connectivity index (χ0v) is 15.4. The molecule has 0 atom stereocenters. The minimum Gasteiger partial charge on any atom is -0.439 e. The fraction of sp³-hybridized carbons (Fsp3) is 0.250. The van der Waals surface area contributed by atoms with Crippen molar-refractivity contribution in [3.8, 4) is 11.6 Å². The van der Waals surface area contributed by atoms with Crippen molar-refractivity contribution < 1.29 is 9.53 Å². The molecule has 0 fully saturated rings. The average molecular weight is 350 g/mol. The van der Waals surface area contributed by atoms with E-state index in [0.717, 1.165) is 11.1 Å². The highest BCUT2D eigenvalue weighted by Gasteiger charge is 2.12. The van der Waals surface area contributed by atoms with Crippen molar-refractivity contribution in [1.29, 1.82) is 0 Å². The minimum absolute atomic E-state index is 0.206. The van der Waals surface area contributed by atoms with Crippen LogP contribution in [0.15, 0.2) is 48.9 Å². The van der Waals surface area contributed by atoms with Gasteiger partial charge in [-0.1, -0.05) is 6.07 Å². The normalized spacial score (nSPS) is 10.8. The summed E-state index contributed by atoms with van der Waals surface area (Å²) in [5.74, 6) is 0.967. The van der Waals surface area contributed by atoms with Crippen LogP contribution in [0.2, 0.25) is 0 Å². The van der Waals surface area contributed by atoms with Gasteiger partial charge in [-0.2, -0.15) is 5.10 Å². The fourth-order valence-corrected chi connectivity index (χ4v) is 2.41. The SMILES string of the molecule is Cc1ccnc(Oc2cc(NC(=O)c3cnn(C(C)C)c3)ccc2C)c1. The van der Waals surface area contributed by atoms with E-state index in [-0.39, 0.29) is 11.9 Å². The number of hydrogen-bond acceptors (Lipinski definition) is 4. The van der Waals surface area contributed by atoms with Crippen LogP contribution in [-0.4, -0.2) is 20.7 Å². The third-order valence-electron chi connectivity index (χ3n) is 3.94. The van der Waals surface area contributed by atoms with Gasteiger partial charge < -0.3 is 10.1 Å². The molecule has 0 aliphatic carbocycles. The van der Waals surface area contributed by atoms with Crippen LogP contribution in [0.25, 0.3) is 0 Å². The number of carbonyl (C=O) groups excluding carboxylic acids is 1. The van der Waals surface area contributed by atoms with Crippen LogP contribution in [-0.2, 0) is 0 Å². The highest BCUT2D eigenvalue weighted by molar-refractivity contribution is 6.04. The molecule has 6 heteroatoms. The van der Waals surface area contributed by atoms with Gasteiger partial charge in [0, 0.05) is 36.3 Å². The third kappa shape index (κ3) is 4.08. The number of amides is 1. The van der Waals surface area contributed by atoms with Crippen molar-refractivity contribution in [2.24, 2.45) is 0 Å². The predicted molar refractivity (Wildman–Crippen MR) is 101 cm³/mol. The van der Waals surface area contributed by atoms with Crippen LogP contribution in [0.4, 0.5) is 5.69 Å². The van der Waals surface area contributed by atoms with E-state index >= 15 is 0 Å². The maximum absolute atomic E-state index is 12.4. The lowest BCUT2D eigenvalue weighted by Gasteiger charge is -2.11. The number of anilines is 1. The molecule has 1 amide bonds. The molecule has 3 aromatic rings. The lowest BCUT2D eigenvalue weighted by atomic mass is 10.2. The molecule has 6 nitrogen and oxygen atoms in total. The average Bonchev–Trinajstić information content (AvgIpc) is 3.08. The molecule has 2 aromatic heterocycles. The molecular weight excluding hydrogens is 328 g/mol. The molecular formula is C20H22N4O2. The summed E-state index contributed by atoms with van der Waals surface area (Å²) in [5, 5.41) is 7.08. The molecule has 0 saturated carbocycles. The number of ether oxygens (including phenoxy) is 1. The van der Waals surface area contributed by atoms with Gasteiger partial charge in [-0.15, -0.1) is 0 Å². The molecule has 0 unspecified atom stereocenters. The van der Waals surface area contributed by atoms with Crippen molar-refractivity contribution in [3.05, 3.63) is 65.6 Å². The van der Waals surface area contributed by atoms with Gasteiger partial charge in [-0.3, -0.25) is 9.48 Å². The molecule has 0 aliphatic heterocycles. The summed E-state index contributed by atoms with van der Waals surface area (Å²) in [6, 6.07) is 9.52. The fourth-order valence-electron chi connectivity index (χ4n) is 2.41. The Bertz CT molecular complexity index is 931. The van der Waals surface area contributed by atoms with Gasteiger partial charge in [-0.25, -0.2) is 4.98 Å². The minimum atomic E-state index is -0.208. The number of hydrogen-bond donors (Lipinski definition) is 1. The highest BCUT2D eigenvalue weighted by atomic mass is 16.5. The molecule has 134 valence electrons. The lowest BCUT2D eigenvalue weighted by molar-refractivity contribution is 0.102. The number of pyridine rings is 1. The van der Waals surface area contributed by atoms with E-state index in [1.807, 2.05) is 52.0 Å². The van der Waals surface area contributed by atoms with Gasteiger partial charge in [0.2, 0.25) is 5.88 Å². The number of benzene rings is 1. The van der Waals surface area contributed by atoms with Crippen LogP contribution in [0, 0.1) is 13.8 Å². The second kappa shape index (κ2) is 7.39. The lowest BCUT2D eigenvalue weighted by Crippen LogP contribution is -2.11. The Morgan fingerprint density at radius 3 is 2.69 bits per heavy atom. The highest BCUT2D eigenvalue weighted by Crippen LogP contribution is 2.27. The summed E-state index contributed by atoms with van der Waals surface area (Å²) in [6.07, 6.45) is 5.01. The standard InChI is InChI=1S/C20H22N4O2/c1-13(2)24-12-16(11-22-24)20(25)23-17-6-5-15(4)18(10-17)26-19-9-14(3)7-8-21-19/h5-13H,1-4H3,(H,23,25). The number of nitrogens with zero attached hydrogens (tertiary/aromatic N) is 3. The van der Waals surface area contributed by atoms with Crippen LogP contribution in [0.5, 0.6) is 11.6 Å². The molecule has 0 spiro atoms. The molecule has 0 aliphatic rings. The maximum Gasteiger partial charge on any atom is 0.258 e. The molecule has 3 rings (SSSR count). The molecule has 0 saturated heterocycles. The Morgan fingerprint density at radius 2 is 2.00 bits per heavy atom. The van der Waals surface area contributed by atoms with Crippen molar-refractivity contribution in [2.75, 3.05) is 5.32 Å². The molecule has 1 N–H and O–H groups in total. The van der Waals surface area contributed by atoms with E-state index in [0.29, 0.717) is 22.9 Å². The molecule has 2 heterocycles. The monoisotopic (exact) mass is 350 g/mol. The summed E-state index contributed by atoms with van der Waals surface area (Å²) in [6.45, 7) is 7.95.